The second kappa shape index (κ2) is 15.9. The minimum atomic E-state index is -0.641. The van der Waals surface area contributed by atoms with Crippen LogP contribution in [0.3, 0.4) is 0 Å². The number of oxazole rings is 1. The summed E-state index contributed by atoms with van der Waals surface area (Å²) >= 11 is 0. The topological polar surface area (TPSA) is 216 Å². The third kappa shape index (κ3) is 7.23. The molecule has 1 aromatic carbocycles. The zero-order chi connectivity index (χ0) is 39.5. The standard InChI is InChI=1S/C39H42N12O5/c1-6-28-33(56-23(4)44-28)38(54)47-39-45-29-17-25(34(40)53)18-31(55-14-10-11-41-5)32(29)49(39)12-8-9-13-50-36-26(16-24(21-52)19-43-36)27-20-42-35(46-37(27)50)30-15-22(3)48-51(30)7-2/h8-9,15-21,41H,6-7,10-14H2,1-5H3,(H2,40,53)(H,45,47,54)/b9-8+. The van der Waals surface area contributed by atoms with E-state index in [1.165, 1.54) is 6.20 Å². The summed E-state index contributed by atoms with van der Waals surface area (Å²) in [4.78, 5) is 61.1. The van der Waals surface area contributed by atoms with Crippen LogP contribution in [0, 0.1) is 13.8 Å². The average molecular weight is 759 g/mol. The second-order valence-electron chi connectivity index (χ2n) is 13.1. The number of rotatable bonds is 16. The van der Waals surface area contributed by atoms with E-state index in [0.29, 0.717) is 83.6 Å². The molecule has 7 rings (SSSR count). The quantitative estimate of drug-likeness (QED) is 0.0689. The Morgan fingerprint density at radius 3 is 2.50 bits per heavy atom. The van der Waals surface area contributed by atoms with Gasteiger partial charge < -0.3 is 29.3 Å². The SMILES string of the molecule is CCc1nc(C)oc1C(=O)Nc1nc2cc(C(N)=O)cc(OCCCNC)c2n1C/C=C/Cn1c2ncc(C=O)cc2c2cnc(-c3cc(C)nn3CC)nc21. The van der Waals surface area contributed by atoms with Crippen molar-refractivity contribution in [2.24, 2.45) is 5.73 Å². The van der Waals surface area contributed by atoms with Crippen molar-refractivity contribution in [3.63, 3.8) is 0 Å². The number of anilines is 1. The Hall–Kier alpha value is -6.75. The number of nitrogens with one attached hydrogen (secondary N) is 2. The van der Waals surface area contributed by atoms with Gasteiger partial charge >= 0.3 is 0 Å². The summed E-state index contributed by atoms with van der Waals surface area (Å²) in [5.74, 6) is 0.413. The summed E-state index contributed by atoms with van der Waals surface area (Å²) in [6, 6.07) is 6.90. The van der Waals surface area contributed by atoms with E-state index >= 15 is 0 Å². The summed E-state index contributed by atoms with van der Waals surface area (Å²) in [6.07, 6.45) is 9.12. The van der Waals surface area contributed by atoms with Crippen molar-refractivity contribution >= 4 is 57.1 Å². The van der Waals surface area contributed by atoms with E-state index in [4.69, 9.17) is 24.9 Å². The van der Waals surface area contributed by atoms with Gasteiger partial charge in [0.1, 0.15) is 28.3 Å². The largest absolute Gasteiger partial charge is 0.491 e. The number of fused-ring (bicyclic) bond motifs is 4. The van der Waals surface area contributed by atoms with E-state index in [-0.39, 0.29) is 23.8 Å². The summed E-state index contributed by atoms with van der Waals surface area (Å²) < 4.78 is 17.5. The number of primary amides is 1. The lowest BCUT2D eigenvalue weighted by Crippen LogP contribution is -2.17. The molecule has 0 aliphatic heterocycles. The molecule has 288 valence electrons. The maximum atomic E-state index is 13.6. The van der Waals surface area contributed by atoms with Gasteiger partial charge in [-0.1, -0.05) is 19.1 Å². The fraction of sp³-hybridized carbons (Fsp3) is 0.308. The number of allylic oxidation sites excluding steroid dienone is 2. The fourth-order valence-corrected chi connectivity index (χ4v) is 6.68. The highest BCUT2D eigenvalue weighted by atomic mass is 16.5. The Bertz CT molecular complexity index is 2650. The zero-order valence-electron chi connectivity index (χ0n) is 31.8. The van der Waals surface area contributed by atoms with Crippen LogP contribution >= 0.6 is 0 Å². The Morgan fingerprint density at radius 2 is 1.77 bits per heavy atom. The van der Waals surface area contributed by atoms with Crippen molar-refractivity contribution in [3.05, 3.63) is 83.0 Å². The van der Waals surface area contributed by atoms with Crippen molar-refractivity contribution in [2.75, 3.05) is 25.5 Å². The van der Waals surface area contributed by atoms with Crippen molar-refractivity contribution in [1.82, 2.24) is 49.2 Å². The third-order valence-corrected chi connectivity index (χ3v) is 9.26. The molecular formula is C39H42N12O5. The van der Waals surface area contributed by atoms with E-state index in [1.54, 1.807) is 35.9 Å². The van der Waals surface area contributed by atoms with Crippen molar-refractivity contribution in [2.45, 2.75) is 60.2 Å². The molecule has 0 aliphatic rings. The van der Waals surface area contributed by atoms with Crippen LogP contribution in [0.2, 0.25) is 0 Å². The highest BCUT2D eigenvalue weighted by Gasteiger charge is 2.24. The normalized spacial score (nSPS) is 11.7. The number of hydrogen-bond acceptors (Lipinski definition) is 12. The Morgan fingerprint density at radius 1 is 0.964 bits per heavy atom. The van der Waals surface area contributed by atoms with Crippen LogP contribution in [0.1, 0.15) is 68.8 Å². The first kappa shape index (κ1) is 37.6. The number of ether oxygens (including phenoxy) is 1. The number of nitrogens with zero attached hydrogens (tertiary/aromatic N) is 9. The fourth-order valence-electron chi connectivity index (χ4n) is 6.68. The number of imidazole rings is 1. The Kier molecular flexibility index (Phi) is 10.7. The van der Waals surface area contributed by atoms with Crippen LogP contribution in [0.5, 0.6) is 5.75 Å². The molecule has 56 heavy (non-hydrogen) atoms. The first-order valence-electron chi connectivity index (χ1n) is 18.3. The van der Waals surface area contributed by atoms with Crippen LogP contribution in [0.4, 0.5) is 5.95 Å². The number of benzene rings is 1. The monoisotopic (exact) mass is 758 g/mol. The van der Waals surface area contributed by atoms with E-state index < -0.39 is 11.8 Å². The Labute approximate surface area is 321 Å². The van der Waals surface area contributed by atoms with Crippen molar-refractivity contribution in [3.8, 4) is 17.3 Å². The number of aldehydes is 1. The van der Waals surface area contributed by atoms with Gasteiger partial charge in [0.2, 0.25) is 17.6 Å². The third-order valence-electron chi connectivity index (χ3n) is 9.26. The van der Waals surface area contributed by atoms with Gasteiger partial charge in [-0.25, -0.2) is 24.9 Å². The average Bonchev–Trinajstić information content (AvgIpc) is 3.95. The lowest BCUT2D eigenvalue weighted by atomic mass is 10.1. The summed E-state index contributed by atoms with van der Waals surface area (Å²) in [7, 11) is 1.86. The first-order valence-corrected chi connectivity index (χ1v) is 18.3. The van der Waals surface area contributed by atoms with E-state index in [1.807, 2.05) is 55.3 Å². The number of carbonyl (C=O) groups excluding carboxylic acids is 3. The number of amides is 2. The number of nitrogens with two attached hydrogens (primary N) is 1. The van der Waals surface area contributed by atoms with Crippen LogP contribution < -0.4 is 21.1 Å². The molecule has 0 aliphatic carbocycles. The van der Waals surface area contributed by atoms with Gasteiger partial charge in [0.25, 0.3) is 5.91 Å². The lowest BCUT2D eigenvalue weighted by Gasteiger charge is -2.12. The van der Waals surface area contributed by atoms with Crippen LogP contribution in [-0.4, -0.2) is 82.1 Å². The highest BCUT2D eigenvalue weighted by molar-refractivity contribution is 6.07. The molecule has 0 saturated heterocycles. The summed E-state index contributed by atoms with van der Waals surface area (Å²) in [5.41, 5.74) is 10.8. The van der Waals surface area contributed by atoms with Gasteiger partial charge in [-0.15, -0.1) is 0 Å². The predicted octanol–water partition coefficient (Wildman–Crippen LogP) is 4.79. The molecule has 0 spiro atoms. The molecule has 17 heteroatoms. The van der Waals surface area contributed by atoms with Gasteiger partial charge in [0.15, 0.2) is 18.0 Å². The van der Waals surface area contributed by atoms with Gasteiger partial charge in [0, 0.05) is 60.9 Å². The van der Waals surface area contributed by atoms with Gasteiger partial charge in [0.05, 0.1) is 23.5 Å². The second-order valence-corrected chi connectivity index (χ2v) is 13.1. The molecule has 6 heterocycles. The van der Waals surface area contributed by atoms with Gasteiger partial charge in [-0.2, -0.15) is 5.10 Å². The number of carbonyl (C=O) groups is 3. The molecule has 0 bridgehead atoms. The molecule has 7 aromatic rings. The predicted molar refractivity (Wildman–Crippen MR) is 210 cm³/mol. The Balaban J connectivity index is 1.29. The molecule has 0 saturated carbocycles. The molecule has 2 amide bonds. The van der Waals surface area contributed by atoms with Crippen LogP contribution in [-0.2, 0) is 26.1 Å². The highest BCUT2D eigenvalue weighted by Crippen LogP contribution is 2.32. The summed E-state index contributed by atoms with van der Waals surface area (Å²) in [5, 5.41) is 12.1. The molecule has 17 nitrogen and oxygen atoms in total. The van der Waals surface area contributed by atoms with E-state index in [0.717, 1.165) is 35.0 Å². The smallest absolute Gasteiger partial charge is 0.295 e. The number of aromatic nitrogens is 9. The molecule has 6 aromatic heterocycles. The summed E-state index contributed by atoms with van der Waals surface area (Å²) in [6.45, 7) is 9.81. The lowest BCUT2D eigenvalue weighted by molar-refractivity contribution is 0.0988. The van der Waals surface area contributed by atoms with Crippen LogP contribution in [0.15, 0.2) is 53.2 Å². The molecule has 0 atom stereocenters. The number of hydrogen-bond donors (Lipinski definition) is 3. The van der Waals surface area contributed by atoms with Crippen LogP contribution in [0.25, 0.3) is 44.6 Å². The minimum Gasteiger partial charge on any atom is -0.491 e. The van der Waals surface area contributed by atoms with Gasteiger partial charge in [-0.05, 0) is 64.5 Å². The first-order chi connectivity index (χ1) is 27.1. The molecule has 0 radical (unpaired) electrons. The minimum absolute atomic E-state index is 0.0932. The molecular weight excluding hydrogens is 717 g/mol. The van der Waals surface area contributed by atoms with E-state index in [2.05, 4.69) is 30.7 Å². The van der Waals surface area contributed by atoms with Gasteiger partial charge in [-0.3, -0.25) is 24.4 Å². The molecule has 4 N–H and O–H groups in total. The number of aryl methyl sites for hydroxylation is 4. The van der Waals surface area contributed by atoms with E-state index in [9.17, 15) is 14.4 Å². The molecule has 0 fully saturated rings. The maximum Gasteiger partial charge on any atom is 0.295 e. The van der Waals surface area contributed by atoms with Crippen molar-refractivity contribution < 1.29 is 23.5 Å². The number of pyridine rings is 1. The maximum absolute atomic E-state index is 13.6. The van der Waals surface area contributed by atoms with Crippen molar-refractivity contribution in [1.29, 1.82) is 0 Å². The molecule has 0 unspecified atom stereocenters. The zero-order valence-corrected chi connectivity index (χ0v) is 31.8.